The molecule has 4 rings (SSSR count). The van der Waals surface area contributed by atoms with E-state index in [1.807, 2.05) is 36.4 Å². The van der Waals surface area contributed by atoms with Gasteiger partial charge in [-0.1, -0.05) is 45.7 Å². The molecule has 0 spiro atoms. The first-order valence-corrected chi connectivity index (χ1v) is 11.4. The van der Waals surface area contributed by atoms with E-state index in [0.717, 1.165) is 52.2 Å². The highest BCUT2D eigenvalue weighted by Gasteiger charge is 2.21. The Kier molecular flexibility index (Phi) is 6.84. The van der Waals surface area contributed by atoms with Crippen LogP contribution < -0.4 is 9.64 Å². The van der Waals surface area contributed by atoms with Gasteiger partial charge in [0.1, 0.15) is 18.5 Å². The van der Waals surface area contributed by atoms with Crippen LogP contribution in [0.4, 0.5) is 5.69 Å². The quantitative estimate of drug-likeness (QED) is 0.521. The number of aryl methyl sites for hydroxylation is 1. The standard InChI is InChI=1S/C24H26BrClN2O2/c1-17-2-6-21(26)14-24(17)28-10-8-27(9-11-28)15-22(29)16-30-23-7-4-18-12-20(25)5-3-19(18)13-23/h2-7,12-14,22,29H,8-11,15-16H2,1H3. The fourth-order valence-electron chi connectivity index (χ4n) is 3.92. The fraction of sp³-hybridized carbons (Fsp3) is 0.333. The van der Waals surface area contributed by atoms with Crippen molar-refractivity contribution in [1.82, 2.24) is 4.90 Å². The number of fused-ring (bicyclic) bond motifs is 1. The predicted octanol–water partition coefficient (Wildman–Crippen LogP) is 5.13. The summed E-state index contributed by atoms with van der Waals surface area (Å²) >= 11 is 9.67. The first-order chi connectivity index (χ1) is 14.5. The number of ether oxygens (including phenoxy) is 1. The number of hydrogen-bond donors (Lipinski definition) is 1. The summed E-state index contributed by atoms with van der Waals surface area (Å²) in [6.45, 7) is 6.69. The molecular weight excluding hydrogens is 464 g/mol. The van der Waals surface area contributed by atoms with E-state index in [1.54, 1.807) is 0 Å². The van der Waals surface area contributed by atoms with Gasteiger partial charge in [0.25, 0.3) is 0 Å². The van der Waals surface area contributed by atoms with Crippen LogP contribution in [0.25, 0.3) is 10.8 Å². The van der Waals surface area contributed by atoms with E-state index in [-0.39, 0.29) is 6.61 Å². The smallest absolute Gasteiger partial charge is 0.120 e. The molecule has 1 saturated heterocycles. The number of aliphatic hydroxyl groups is 1. The minimum atomic E-state index is -0.523. The fourth-order valence-corrected chi connectivity index (χ4v) is 4.47. The van der Waals surface area contributed by atoms with Gasteiger partial charge in [-0.2, -0.15) is 0 Å². The van der Waals surface area contributed by atoms with Crippen LogP contribution in [0.3, 0.4) is 0 Å². The number of halogens is 2. The van der Waals surface area contributed by atoms with Crippen LogP contribution in [-0.2, 0) is 0 Å². The summed E-state index contributed by atoms with van der Waals surface area (Å²) in [4.78, 5) is 4.66. The van der Waals surface area contributed by atoms with Crippen molar-refractivity contribution in [3.8, 4) is 5.75 Å². The molecule has 0 amide bonds. The molecule has 3 aromatic rings. The molecule has 1 fully saturated rings. The van der Waals surface area contributed by atoms with Gasteiger partial charge >= 0.3 is 0 Å². The van der Waals surface area contributed by atoms with Gasteiger partial charge in [0, 0.05) is 47.9 Å². The molecule has 0 saturated carbocycles. The number of benzene rings is 3. The van der Waals surface area contributed by atoms with Gasteiger partial charge in [-0.3, -0.25) is 4.90 Å². The molecule has 0 aromatic heterocycles. The van der Waals surface area contributed by atoms with Crippen LogP contribution in [0, 0.1) is 6.92 Å². The third-order valence-electron chi connectivity index (χ3n) is 5.57. The third kappa shape index (κ3) is 5.27. The van der Waals surface area contributed by atoms with Crippen molar-refractivity contribution in [2.45, 2.75) is 13.0 Å². The maximum atomic E-state index is 10.5. The summed E-state index contributed by atoms with van der Waals surface area (Å²) in [5, 5.41) is 13.5. The van der Waals surface area contributed by atoms with Crippen LogP contribution in [0.2, 0.25) is 5.02 Å². The highest BCUT2D eigenvalue weighted by Crippen LogP contribution is 2.26. The number of nitrogens with zero attached hydrogens (tertiary/aromatic N) is 2. The van der Waals surface area contributed by atoms with Gasteiger partial charge in [0.2, 0.25) is 0 Å². The molecular formula is C24H26BrClN2O2. The van der Waals surface area contributed by atoms with Gasteiger partial charge in [0.05, 0.1) is 0 Å². The van der Waals surface area contributed by atoms with Gasteiger partial charge < -0.3 is 14.7 Å². The molecule has 0 radical (unpaired) electrons. The third-order valence-corrected chi connectivity index (χ3v) is 6.30. The van der Waals surface area contributed by atoms with Crippen LogP contribution in [0.5, 0.6) is 5.75 Å². The van der Waals surface area contributed by atoms with Crippen molar-refractivity contribution >= 4 is 44.0 Å². The second-order valence-corrected chi connectivity index (χ2v) is 9.19. The number of rotatable bonds is 6. The van der Waals surface area contributed by atoms with E-state index in [4.69, 9.17) is 16.3 Å². The van der Waals surface area contributed by atoms with E-state index in [9.17, 15) is 5.11 Å². The summed E-state index contributed by atoms with van der Waals surface area (Å²) in [5.41, 5.74) is 2.44. The Balaban J connectivity index is 1.26. The molecule has 1 aliphatic rings. The average molecular weight is 490 g/mol. The van der Waals surface area contributed by atoms with Gasteiger partial charge in [0.15, 0.2) is 0 Å². The Morgan fingerprint density at radius 3 is 2.53 bits per heavy atom. The largest absolute Gasteiger partial charge is 0.491 e. The van der Waals surface area contributed by atoms with E-state index in [2.05, 4.69) is 50.9 Å². The zero-order chi connectivity index (χ0) is 21.1. The first-order valence-electron chi connectivity index (χ1n) is 10.2. The zero-order valence-corrected chi connectivity index (χ0v) is 19.4. The minimum Gasteiger partial charge on any atom is -0.491 e. The lowest BCUT2D eigenvalue weighted by Gasteiger charge is -2.37. The predicted molar refractivity (Wildman–Crippen MR) is 128 cm³/mol. The SMILES string of the molecule is Cc1ccc(Cl)cc1N1CCN(CC(O)COc2ccc3cc(Br)ccc3c2)CC1. The summed E-state index contributed by atoms with van der Waals surface area (Å²) in [6.07, 6.45) is -0.523. The number of piperazine rings is 1. The number of aliphatic hydroxyl groups excluding tert-OH is 1. The molecule has 0 bridgehead atoms. The van der Waals surface area contributed by atoms with Crippen molar-refractivity contribution in [3.05, 3.63) is 69.7 Å². The summed E-state index contributed by atoms with van der Waals surface area (Å²) in [7, 11) is 0. The Morgan fingerprint density at radius 2 is 1.73 bits per heavy atom. The molecule has 6 heteroatoms. The van der Waals surface area contributed by atoms with Gasteiger partial charge in [-0.25, -0.2) is 0 Å². The lowest BCUT2D eigenvalue weighted by molar-refractivity contribution is 0.0663. The zero-order valence-electron chi connectivity index (χ0n) is 17.0. The summed E-state index contributed by atoms with van der Waals surface area (Å²) < 4.78 is 6.91. The Hall–Kier alpha value is -1.79. The number of β-amino-alcohol motifs (C(OH)–C–C–N with tert-alkyl or cyclic N) is 1. The second-order valence-electron chi connectivity index (χ2n) is 7.84. The lowest BCUT2D eigenvalue weighted by atomic mass is 10.1. The van der Waals surface area contributed by atoms with Crippen LogP contribution >= 0.6 is 27.5 Å². The molecule has 1 N–H and O–H groups in total. The molecule has 0 aliphatic carbocycles. The molecule has 1 unspecified atom stereocenters. The maximum Gasteiger partial charge on any atom is 0.120 e. The molecule has 1 heterocycles. The Bertz CT molecular complexity index is 1020. The van der Waals surface area contributed by atoms with E-state index < -0.39 is 6.10 Å². The Morgan fingerprint density at radius 1 is 1.00 bits per heavy atom. The van der Waals surface area contributed by atoms with Crippen molar-refractivity contribution in [2.24, 2.45) is 0 Å². The summed E-state index contributed by atoms with van der Waals surface area (Å²) in [5.74, 6) is 0.783. The van der Waals surface area contributed by atoms with Gasteiger partial charge in [-0.05, 0) is 59.7 Å². The second kappa shape index (κ2) is 9.56. The normalized spacial score (nSPS) is 16.1. The van der Waals surface area contributed by atoms with Crippen LogP contribution in [0.15, 0.2) is 59.1 Å². The number of hydrogen-bond acceptors (Lipinski definition) is 4. The van der Waals surface area contributed by atoms with Crippen LogP contribution in [0.1, 0.15) is 5.56 Å². The van der Waals surface area contributed by atoms with Crippen molar-refractivity contribution in [1.29, 1.82) is 0 Å². The van der Waals surface area contributed by atoms with Crippen molar-refractivity contribution < 1.29 is 9.84 Å². The first kappa shape index (κ1) is 21.4. The van der Waals surface area contributed by atoms with E-state index in [0.29, 0.717) is 6.54 Å². The summed E-state index contributed by atoms with van der Waals surface area (Å²) in [6, 6.07) is 18.2. The van der Waals surface area contributed by atoms with Crippen molar-refractivity contribution in [2.75, 3.05) is 44.2 Å². The topological polar surface area (TPSA) is 35.9 Å². The molecule has 1 aliphatic heterocycles. The number of anilines is 1. The molecule has 3 aromatic carbocycles. The lowest BCUT2D eigenvalue weighted by Crippen LogP contribution is -2.49. The van der Waals surface area contributed by atoms with Crippen molar-refractivity contribution in [3.63, 3.8) is 0 Å². The van der Waals surface area contributed by atoms with Gasteiger partial charge in [-0.15, -0.1) is 0 Å². The molecule has 30 heavy (non-hydrogen) atoms. The average Bonchev–Trinajstić information content (AvgIpc) is 2.74. The molecule has 158 valence electrons. The van der Waals surface area contributed by atoms with E-state index in [1.165, 1.54) is 11.3 Å². The Labute approximate surface area is 191 Å². The molecule has 1 atom stereocenters. The minimum absolute atomic E-state index is 0.287. The highest BCUT2D eigenvalue weighted by molar-refractivity contribution is 9.10. The maximum absolute atomic E-state index is 10.5. The molecule has 4 nitrogen and oxygen atoms in total. The highest BCUT2D eigenvalue weighted by atomic mass is 79.9. The van der Waals surface area contributed by atoms with Crippen LogP contribution in [-0.4, -0.2) is 55.4 Å². The monoisotopic (exact) mass is 488 g/mol. The van der Waals surface area contributed by atoms with E-state index >= 15 is 0 Å².